The first kappa shape index (κ1) is 11.5. The molecule has 1 saturated heterocycles. The number of fused-ring (bicyclic) bond motifs is 1. The van der Waals surface area contributed by atoms with Crippen molar-refractivity contribution < 1.29 is 9.90 Å². The molecule has 3 N–H and O–H groups in total. The monoisotopic (exact) mass is 250 g/mol. The third kappa shape index (κ3) is 1.96. The van der Waals surface area contributed by atoms with Crippen LogP contribution in [-0.2, 0) is 11.3 Å². The first-order valence-electron chi connectivity index (χ1n) is 6.37. The maximum absolute atomic E-state index is 12.1. The Morgan fingerprint density at radius 1 is 1.50 bits per heavy atom. The van der Waals surface area contributed by atoms with Crippen LogP contribution in [0.3, 0.4) is 0 Å². The fraction of sp³-hybridized carbons (Fsp3) is 0.667. The summed E-state index contributed by atoms with van der Waals surface area (Å²) >= 11 is 0. The molecular weight excluding hydrogens is 232 g/mol. The summed E-state index contributed by atoms with van der Waals surface area (Å²) < 4.78 is 1.56. The number of carbonyl (C=O) groups excluding carboxylic acids is 1. The molecule has 2 heterocycles. The van der Waals surface area contributed by atoms with Gasteiger partial charge in [-0.25, -0.2) is 0 Å². The van der Waals surface area contributed by atoms with E-state index in [4.69, 9.17) is 5.73 Å². The van der Waals surface area contributed by atoms with Crippen LogP contribution in [0.25, 0.3) is 0 Å². The number of aliphatic hydroxyl groups is 1. The Hall–Kier alpha value is -1.56. The zero-order valence-corrected chi connectivity index (χ0v) is 10.2. The number of nitrogens with two attached hydrogens (primary N) is 1. The topological polar surface area (TPSA) is 84.4 Å². The predicted molar refractivity (Wildman–Crippen MR) is 65.4 cm³/mol. The van der Waals surface area contributed by atoms with E-state index in [1.54, 1.807) is 10.9 Å². The molecule has 2 aliphatic rings. The minimum absolute atomic E-state index is 0.0553. The van der Waals surface area contributed by atoms with Crippen LogP contribution >= 0.6 is 0 Å². The molecule has 1 saturated carbocycles. The zero-order chi connectivity index (χ0) is 12.7. The second kappa shape index (κ2) is 4.28. The number of hydrogen-bond acceptors (Lipinski definition) is 4. The Morgan fingerprint density at radius 3 is 3.00 bits per heavy atom. The van der Waals surface area contributed by atoms with Gasteiger partial charge in [0.05, 0.1) is 18.0 Å². The molecule has 1 aliphatic heterocycles. The minimum atomic E-state index is -0.229. The second-order valence-electron chi connectivity index (χ2n) is 5.34. The molecule has 3 rings (SSSR count). The highest BCUT2D eigenvalue weighted by molar-refractivity contribution is 5.76. The highest BCUT2D eigenvalue weighted by atomic mass is 16.3. The van der Waals surface area contributed by atoms with Gasteiger partial charge in [-0.05, 0) is 18.8 Å². The highest BCUT2D eigenvalue weighted by Crippen LogP contribution is 2.38. The molecule has 0 radical (unpaired) electrons. The molecule has 18 heavy (non-hydrogen) atoms. The maximum atomic E-state index is 12.1. The number of amides is 1. The van der Waals surface area contributed by atoms with E-state index in [0.29, 0.717) is 18.2 Å². The summed E-state index contributed by atoms with van der Waals surface area (Å²) in [4.78, 5) is 13.9. The van der Waals surface area contributed by atoms with Crippen LogP contribution in [0.4, 0.5) is 5.69 Å². The number of carbonyl (C=O) groups is 1. The van der Waals surface area contributed by atoms with Crippen LogP contribution in [0.1, 0.15) is 12.8 Å². The van der Waals surface area contributed by atoms with Crippen molar-refractivity contribution in [2.75, 3.05) is 18.8 Å². The van der Waals surface area contributed by atoms with Gasteiger partial charge in [-0.1, -0.05) is 0 Å². The van der Waals surface area contributed by atoms with Crippen molar-refractivity contribution in [3.05, 3.63) is 12.4 Å². The van der Waals surface area contributed by atoms with Crippen LogP contribution in [0, 0.1) is 11.8 Å². The van der Waals surface area contributed by atoms with Crippen molar-refractivity contribution in [3.8, 4) is 0 Å². The number of rotatable bonds is 2. The molecule has 98 valence electrons. The van der Waals surface area contributed by atoms with Crippen LogP contribution in [-0.4, -0.2) is 44.9 Å². The summed E-state index contributed by atoms with van der Waals surface area (Å²) in [5.74, 6) is 0.808. The summed E-state index contributed by atoms with van der Waals surface area (Å²) in [7, 11) is 0. The lowest BCUT2D eigenvalue weighted by molar-refractivity contribution is -0.131. The third-order valence-electron chi connectivity index (χ3n) is 4.12. The first-order valence-corrected chi connectivity index (χ1v) is 6.37. The first-order chi connectivity index (χ1) is 8.63. The van der Waals surface area contributed by atoms with Gasteiger partial charge < -0.3 is 15.7 Å². The lowest BCUT2D eigenvalue weighted by Crippen LogP contribution is -2.33. The van der Waals surface area contributed by atoms with Crippen molar-refractivity contribution in [1.29, 1.82) is 0 Å². The van der Waals surface area contributed by atoms with Crippen LogP contribution in [0.2, 0.25) is 0 Å². The molecule has 3 unspecified atom stereocenters. The standard InChI is InChI=1S/C12H18N4O2/c13-9-3-14-16(5-9)7-12(18)15-4-8-1-2-11(17)10(8)6-15/h3,5,8,10-11,17H,1-2,4,6-7,13H2. The van der Waals surface area contributed by atoms with E-state index in [2.05, 4.69) is 5.10 Å². The molecule has 1 aliphatic carbocycles. The van der Waals surface area contributed by atoms with E-state index in [0.717, 1.165) is 19.4 Å². The molecule has 6 nitrogen and oxygen atoms in total. The number of aliphatic hydroxyl groups excluding tert-OH is 1. The maximum Gasteiger partial charge on any atom is 0.244 e. The summed E-state index contributed by atoms with van der Waals surface area (Å²) in [6, 6.07) is 0. The number of aromatic nitrogens is 2. The van der Waals surface area contributed by atoms with Gasteiger partial charge in [0.15, 0.2) is 0 Å². The molecule has 0 aromatic carbocycles. The van der Waals surface area contributed by atoms with Gasteiger partial charge in [-0.3, -0.25) is 9.48 Å². The zero-order valence-electron chi connectivity index (χ0n) is 10.2. The van der Waals surface area contributed by atoms with Gasteiger partial charge in [-0.2, -0.15) is 5.10 Å². The lowest BCUT2D eigenvalue weighted by atomic mass is 10.00. The summed E-state index contributed by atoms with van der Waals surface area (Å²) in [5.41, 5.74) is 6.13. The molecule has 2 fully saturated rings. The number of anilines is 1. The van der Waals surface area contributed by atoms with Crippen molar-refractivity contribution in [3.63, 3.8) is 0 Å². The van der Waals surface area contributed by atoms with Crippen LogP contribution in [0.15, 0.2) is 12.4 Å². The van der Waals surface area contributed by atoms with Crippen LogP contribution in [0.5, 0.6) is 0 Å². The second-order valence-corrected chi connectivity index (χ2v) is 5.34. The predicted octanol–water partition coefficient (Wildman–Crippen LogP) is -0.305. The van der Waals surface area contributed by atoms with Crippen molar-refractivity contribution >= 4 is 11.6 Å². The Kier molecular flexibility index (Phi) is 2.74. The molecule has 1 aromatic rings. The van der Waals surface area contributed by atoms with Gasteiger partial charge in [0.2, 0.25) is 5.91 Å². The number of nitrogen functional groups attached to an aromatic ring is 1. The van der Waals surface area contributed by atoms with Crippen LogP contribution < -0.4 is 5.73 Å². The van der Waals surface area contributed by atoms with E-state index in [-0.39, 0.29) is 24.5 Å². The normalized spacial score (nSPS) is 30.7. The van der Waals surface area contributed by atoms with Crippen molar-refractivity contribution in [2.24, 2.45) is 11.8 Å². The number of likely N-dealkylation sites (tertiary alicyclic amines) is 1. The minimum Gasteiger partial charge on any atom is -0.396 e. The largest absolute Gasteiger partial charge is 0.396 e. The average Bonchev–Trinajstić information content (AvgIpc) is 2.98. The Bertz CT molecular complexity index is 459. The van der Waals surface area contributed by atoms with Gasteiger partial charge >= 0.3 is 0 Å². The van der Waals surface area contributed by atoms with Gasteiger partial charge in [0.1, 0.15) is 6.54 Å². The Balaban J connectivity index is 1.61. The number of nitrogens with zero attached hydrogens (tertiary/aromatic N) is 3. The smallest absolute Gasteiger partial charge is 0.244 e. The van der Waals surface area contributed by atoms with Gasteiger partial charge in [0.25, 0.3) is 0 Å². The van der Waals surface area contributed by atoms with E-state index in [9.17, 15) is 9.90 Å². The van der Waals surface area contributed by atoms with E-state index < -0.39 is 0 Å². The average molecular weight is 250 g/mol. The molecule has 6 heteroatoms. The molecule has 1 aromatic heterocycles. The lowest BCUT2D eigenvalue weighted by Gasteiger charge is -2.18. The van der Waals surface area contributed by atoms with Gasteiger partial charge in [-0.15, -0.1) is 0 Å². The van der Waals surface area contributed by atoms with E-state index >= 15 is 0 Å². The summed E-state index contributed by atoms with van der Waals surface area (Å²) in [5, 5.41) is 13.8. The fourth-order valence-corrected chi connectivity index (χ4v) is 3.14. The fourth-order valence-electron chi connectivity index (χ4n) is 3.14. The summed E-state index contributed by atoms with van der Waals surface area (Å²) in [6.45, 7) is 1.69. The Morgan fingerprint density at radius 2 is 2.33 bits per heavy atom. The van der Waals surface area contributed by atoms with Gasteiger partial charge in [0, 0.05) is 25.2 Å². The quantitative estimate of drug-likeness (QED) is 0.754. The number of hydrogen-bond donors (Lipinski definition) is 2. The Labute approximate surface area is 105 Å². The molecular formula is C12H18N4O2. The molecule has 1 amide bonds. The third-order valence-corrected chi connectivity index (χ3v) is 4.12. The van der Waals surface area contributed by atoms with E-state index in [1.165, 1.54) is 6.20 Å². The summed E-state index contributed by atoms with van der Waals surface area (Å²) in [6.07, 6.45) is 4.88. The highest BCUT2D eigenvalue weighted by Gasteiger charge is 2.43. The SMILES string of the molecule is Nc1cnn(CC(=O)N2CC3CCC(O)C3C2)c1. The van der Waals surface area contributed by atoms with Crippen molar-refractivity contribution in [1.82, 2.24) is 14.7 Å². The van der Waals surface area contributed by atoms with E-state index in [1.807, 2.05) is 4.90 Å². The molecule has 0 bridgehead atoms. The molecule has 0 spiro atoms. The molecule has 3 atom stereocenters. The van der Waals surface area contributed by atoms with Crippen molar-refractivity contribution in [2.45, 2.75) is 25.5 Å².